The van der Waals surface area contributed by atoms with Crippen molar-refractivity contribution in [1.29, 1.82) is 0 Å². The minimum Gasteiger partial charge on any atom is -0.496 e. The summed E-state index contributed by atoms with van der Waals surface area (Å²) in [5.74, 6) is -0.112. The highest BCUT2D eigenvalue weighted by Crippen LogP contribution is 2.56. The van der Waals surface area contributed by atoms with Gasteiger partial charge < -0.3 is 14.9 Å². The lowest BCUT2D eigenvalue weighted by Crippen LogP contribution is -2.24. The predicted octanol–water partition coefficient (Wildman–Crippen LogP) is 2.52. The van der Waals surface area contributed by atoms with Crippen LogP contribution in [0, 0.1) is 26.2 Å². The van der Waals surface area contributed by atoms with E-state index in [4.69, 9.17) is 4.74 Å². The molecule has 1 aromatic carbocycles. The molecule has 2 N–H and O–H groups in total. The number of hydrogen-bond donors (Lipinski definition) is 2. The van der Waals surface area contributed by atoms with Crippen LogP contribution in [0.25, 0.3) is 0 Å². The van der Waals surface area contributed by atoms with Gasteiger partial charge in [0.2, 0.25) is 0 Å². The van der Waals surface area contributed by atoms with Crippen molar-refractivity contribution in [1.82, 2.24) is 0 Å². The van der Waals surface area contributed by atoms with E-state index in [1.54, 1.807) is 7.11 Å². The van der Waals surface area contributed by atoms with E-state index in [2.05, 4.69) is 0 Å². The molecule has 1 atom stereocenters. The zero-order valence-electron chi connectivity index (χ0n) is 11.8. The van der Waals surface area contributed by atoms with Crippen molar-refractivity contribution in [2.24, 2.45) is 5.41 Å². The molecule has 2 rings (SSSR count). The molecule has 0 heterocycles. The van der Waals surface area contributed by atoms with E-state index in [1.807, 2.05) is 26.8 Å². The summed E-state index contributed by atoms with van der Waals surface area (Å²) in [5.41, 5.74) is 2.50. The Labute approximate surface area is 113 Å². The number of benzene rings is 1. The van der Waals surface area contributed by atoms with Crippen LogP contribution < -0.4 is 4.74 Å². The number of aliphatic carboxylic acids is 1. The molecule has 0 spiro atoms. The van der Waals surface area contributed by atoms with Gasteiger partial charge in [0.1, 0.15) is 5.75 Å². The number of carbonyl (C=O) groups is 1. The third-order valence-electron chi connectivity index (χ3n) is 4.30. The first-order chi connectivity index (χ1) is 8.85. The fraction of sp³-hybridized carbons (Fsp3) is 0.533. The van der Waals surface area contributed by atoms with Crippen LogP contribution in [0.5, 0.6) is 5.75 Å². The Bertz CT molecular complexity index is 529. The second-order valence-corrected chi connectivity index (χ2v) is 5.43. The predicted molar refractivity (Wildman–Crippen MR) is 71.5 cm³/mol. The molecule has 1 saturated carbocycles. The van der Waals surface area contributed by atoms with Crippen LogP contribution in [0.4, 0.5) is 0 Å². The number of rotatable bonds is 4. The van der Waals surface area contributed by atoms with Crippen LogP contribution >= 0.6 is 0 Å². The van der Waals surface area contributed by atoms with Crippen LogP contribution in [0.15, 0.2) is 6.07 Å². The van der Waals surface area contributed by atoms with Crippen molar-refractivity contribution in [3.8, 4) is 5.75 Å². The molecule has 4 nitrogen and oxygen atoms in total. The first kappa shape index (κ1) is 13.9. The van der Waals surface area contributed by atoms with Gasteiger partial charge in [-0.25, -0.2) is 0 Å². The monoisotopic (exact) mass is 264 g/mol. The van der Waals surface area contributed by atoms with E-state index < -0.39 is 17.5 Å². The van der Waals surface area contributed by atoms with Gasteiger partial charge in [-0.05, 0) is 61.9 Å². The molecule has 0 aliphatic heterocycles. The molecular formula is C15H20O4. The molecular weight excluding hydrogens is 244 g/mol. The first-order valence-electron chi connectivity index (χ1n) is 6.41. The normalized spacial score (nSPS) is 17.9. The Morgan fingerprint density at radius 1 is 1.32 bits per heavy atom. The Morgan fingerprint density at radius 2 is 1.89 bits per heavy atom. The van der Waals surface area contributed by atoms with E-state index in [0.29, 0.717) is 18.4 Å². The largest absolute Gasteiger partial charge is 0.496 e. The average molecular weight is 264 g/mol. The van der Waals surface area contributed by atoms with Gasteiger partial charge in [-0.3, -0.25) is 4.79 Å². The highest BCUT2D eigenvalue weighted by Gasteiger charge is 2.56. The third kappa shape index (κ3) is 2.00. The summed E-state index contributed by atoms with van der Waals surface area (Å²) in [5, 5.41) is 19.7. The second-order valence-electron chi connectivity index (χ2n) is 5.43. The summed E-state index contributed by atoms with van der Waals surface area (Å²) in [7, 11) is 1.62. The number of aliphatic hydroxyl groups excluding tert-OH is 1. The van der Waals surface area contributed by atoms with Crippen molar-refractivity contribution in [3.63, 3.8) is 0 Å². The van der Waals surface area contributed by atoms with Crippen molar-refractivity contribution in [2.45, 2.75) is 39.7 Å². The van der Waals surface area contributed by atoms with Gasteiger partial charge in [0.15, 0.2) is 0 Å². The summed E-state index contributed by atoms with van der Waals surface area (Å²) < 4.78 is 5.34. The number of carboxylic acid groups (broad SMARTS) is 1. The van der Waals surface area contributed by atoms with Gasteiger partial charge in [0.25, 0.3) is 0 Å². The van der Waals surface area contributed by atoms with E-state index >= 15 is 0 Å². The fourth-order valence-corrected chi connectivity index (χ4v) is 2.72. The fourth-order valence-electron chi connectivity index (χ4n) is 2.72. The average Bonchev–Trinajstić information content (AvgIpc) is 3.15. The molecule has 0 radical (unpaired) electrons. The zero-order chi connectivity index (χ0) is 14.4. The van der Waals surface area contributed by atoms with Crippen LogP contribution in [-0.4, -0.2) is 23.3 Å². The van der Waals surface area contributed by atoms with Gasteiger partial charge >= 0.3 is 5.97 Å². The highest BCUT2D eigenvalue weighted by atomic mass is 16.5. The lowest BCUT2D eigenvalue weighted by atomic mass is 9.87. The molecule has 1 unspecified atom stereocenters. The van der Waals surface area contributed by atoms with E-state index in [1.165, 1.54) is 0 Å². The van der Waals surface area contributed by atoms with Crippen LogP contribution in [-0.2, 0) is 4.79 Å². The van der Waals surface area contributed by atoms with E-state index in [-0.39, 0.29) is 0 Å². The molecule has 0 saturated heterocycles. The minimum atomic E-state index is -0.988. The van der Waals surface area contributed by atoms with Crippen LogP contribution in [0.2, 0.25) is 0 Å². The topological polar surface area (TPSA) is 66.8 Å². The van der Waals surface area contributed by atoms with Crippen molar-refractivity contribution < 1.29 is 19.7 Å². The van der Waals surface area contributed by atoms with Crippen molar-refractivity contribution >= 4 is 5.97 Å². The maximum Gasteiger partial charge on any atom is 0.312 e. The van der Waals surface area contributed by atoms with Crippen molar-refractivity contribution in [2.75, 3.05) is 7.11 Å². The zero-order valence-corrected chi connectivity index (χ0v) is 11.8. The van der Waals surface area contributed by atoms with E-state index in [9.17, 15) is 15.0 Å². The number of aryl methyl sites for hydroxylation is 1. The number of carboxylic acids is 1. The highest BCUT2D eigenvalue weighted by molar-refractivity contribution is 5.79. The molecule has 0 amide bonds. The first-order valence-corrected chi connectivity index (χ1v) is 6.41. The third-order valence-corrected chi connectivity index (χ3v) is 4.30. The number of methoxy groups -OCH3 is 1. The number of hydrogen-bond acceptors (Lipinski definition) is 3. The Kier molecular flexibility index (Phi) is 3.31. The minimum absolute atomic E-state index is 0.535. The summed E-state index contributed by atoms with van der Waals surface area (Å²) in [6, 6.07) is 1.84. The molecule has 1 aliphatic rings. The van der Waals surface area contributed by atoms with Gasteiger partial charge in [-0.15, -0.1) is 0 Å². The second kappa shape index (κ2) is 4.53. The standard InChI is InChI=1S/C15H20O4/c1-8-7-11(9(2)10(3)12(8)19-4)13(16)15(5-6-15)14(17)18/h7,13,16H,5-6H2,1-4H3,(H,17,18). The molecule has 1 aliphatic carbocycles. The van der Waals surface area contributed by atoms with Crippen molar-refractivity contribution in [3.05, 3.63) is 28.3 Å². The van der Waals surface area contributed by atoms with Crippen LogP contribution in [0.1, 0.15) is 41.2 Å². The summed E-state index contributed by atoms with van der Waals surface area (Å²) >= 11 is 0. The number of ether oxygens (including phenoxy) is 1. The summed E-state index contributed by atoms with van der Waals surface area (Å²) in [6.45, 7) is 5.73. The quantitative estimate of drug-likeness (QED) is 0.877. The smallest absolute Gasteiger partial charge is 0.312 e. The van der Waals surface area contributed by atoms with Crippen LogP contribution in [0.3, 0.4) is 0 Å². The van der Waals surface area contributed by atoms with Gasteiger partial charge in [-0.2, -0.15) is 0 Å². The molecule has 19 heavy (non-hydrogen) atoms. The number of aliphatic hydroxyl groups is 1. The lowest BCUT2D eigenvalue weighted by Gasteiger charge is -2.23. The maximum atomic E-state index is 11.3. The summed E-state index contributed by atoms with van der Waals surface area (Å²) in [6.07, 6.45) is 0.119. The maximum absolute atomic E-state index is 11.3. The molecule has 0 aromatic heterocycles. The molecule has 0 bridgehead atoms. The van der Waals surface area contributed by atoms with Gasteiger partial charge in [0, 0.05) is 0 Å². The SMILES string of the molecule is COc1c(C)cc(C(O)C2(C(=O)O)CC2)c(C)c1C. The van der Waals surface area contributed by atoms with E-state index in [0.717, 1.165) is 22.4 Å². The molecule has 1 fully saturated rings. The molecule has 4 heteroatoms. The Morgan fingerprint density at radius 3 is 2.32 bits per heavy atom. The molecule has 104 valence electrons. The lowest BCUT2D eigenvalue weighted by molar-refractivity contribution is -0.148. The Balaban J connectivity index is 2.50. The Hall–Kier alpha value is -1.55. The summed E-state index contributed by atoms with van der Waals surface area (Å²) in [4.78, 5) is 11.3. The van der Waals surface area contributed by atoms with Gasteiger partial charge in [0.05, 0.1) is 18.6 Å². The van der Waals surface area contributed by atoms with Gasteiger partial charge in [-0.1, -0.05) is 0 Å². The molecule has 1 aromatic rings.